The molecule has 1 aromatic heterocycles. The van der Waals surface area contributed by atoms with Crippen molar-refractivity contribution in [2.75, 3.05) is 6.54 Å². The molecule has 19 heavy (non-hydrogen) atoms. The lowest BCUT2D eigenvalue weighted by molar-refractivity contribution is 0.217. The molecule has 1 aromatic carbocycles. The molecule has 0 amide bonds. The first kappa shape index (κ1) is 13.6. The molecule has 0 aliphatic carbocycles. The van der Waals surface area contributed by atoms with Crippen LogP contribution >= 0.6 is 0 Å². The quantitative estimate of drug-likeness (QED) is 0.838. The van der Waals surface area contributed by atoms with Gasteiger partial charge in [0.2, 0.25) is 0 Å². The highest BCUT2D eigenvalue weighted by atomic mass is 16.5. The number of nitrogens with zero attached hydrogens (tertiary/aromatic N) is 1. The molecule has 4 heteroatoms. The van der Waals surface area contributed by atoms with Crippen molar-refractivity contribution in [2.24, 2.45) is 5.73 Å². The highest BCUT2D eigenvalue weighted by molar-refractivity contribution is 5.56. The fourth-order valence-corrected chi connectivity index (χ4v) is 1.80. The van der Waals surface area contributed by atoms with Gasteiger partial charge < -0.3 is 15.5 Å². The molecule has 0 saturated carbocycles. The van der Waals surface area contributed by atoms with Gasteiger partial charge in [-0.2, -0.15) is 0 Å². The lowest BCUT2D eigenvalue weighted by Gasteiger charge is -2.12. The van der Waals surface area contributed by atoms with Gasteiger partial charge in [-0.05, 0) is 44.2 Å². The largest absolute Gasteiger partial charge is 0.491 e. The summed E-state index contributed by atoms with van der Waals surface area (Å²) in [5.41, 5.74) is 7.65. The molecular formula is C15H21N3O. The number of hydrogen-bond donors (Lipinski definition) is 2. The highest BCUT2D eigenvalue weighted by Gasteiger charge is 2.05. The average Bonchev–Trinajstić information content (AvgIpc) is 2.88. The Morgan fingerprint density at radius 1 is 1.32 bits per heavy atom. The van der Waals surface area contributed by atoms with Crippen LogP contribution in [0.3, 0.4) is 0 Å². The minimum absolute atomic E-state index is 0.241. The molecule has 1 atom stereocenters. The maximum Gasteiger partial charge on any atom is 0.137 e. The number of aromatic amines is 1. The van der Waals surface area contributed by atoms with Crippen LogP contribution in [0.25, 0.3) is 11.4 Å². The van der Waals surface area contributed by atoms with E-state index >= 15 is 0 Å². The molecule has 0 fully saturated rings. The zero-order valence-corrected chi connectivity index (χ0v) is 11.5. The lowest BCUT2D eigenvalue weighted by Crippen LogP contribution is -2.09. The molecule has 2 rings (SSSR count). The van der Waals surface area contributed by atoms with Crippen LogP contribution in [0.4, 0.5) is 0 Å². The van der Waals surface area contributed by atoms with Crippen molar-refractivity contribution in [3.05, 3.63) is 36.2 Å². The second-order valence-corrected chi connectivity index (χ2v) is 4.66. The number of aromatic nitrogens is 2. The van der Waals surface area contributed by atoms with Crippen molar-refractivity contribution < 1.29 is 4.74 Å². The summed E-state index contributed by atoms with van der Waals surface area (Å²) in [4.78, 5) is 7.63. The van der Waals surface area contributed by atoms with E-state index in [9.17, 15) is 0 Å². The number of nitrogens with two attached hydrogens (primary N) is 1. The summed E-state index contributed by atoms with van der Waals surface area (Å²) in [5, 5.41) is 0. The zero-order chi connectivity index (χ0) is 13.7. The van der Waals surface area contributed by atoms with E-state index in [0.717, 1.165) is 35.7 Å². The summed E-state index contributed by atoms with van der Waals surface area (Å²) in [5.74, 6) is 1.77. The molecule has 0 aliphatic rings. The van der Waals surface area contributed by atoms with Crippen LogP contribution < -0.4 is 10.5 Å². The average molecular weight is 259 g/mol. The number of nitrogens with one attached hydrogen (secondary N) is 1. The Morgan fingerprint density at radius 3 is 2.68 bits per heavy atom. The monoisotopic (exact) mass is 259 g/mol. The van der Waals surface area contributed by atoms with E-state index in [2.05, 4.69) is 23.8 Å². The minimum atomic E-state index is 0.241. The lowest BCUT2D eigenvalue weighted by atomic mass is 10.2. The van der Waals surface area contributed by atoms with E-state index in [1.54, 1.807) is 0 Å². The van der Waals surface area contributed by atoms with Crippen molar-refractivity contribution in [2.45, 2.75) is 32.8 Å². The maximum atomic E-state index is 5.75. The van der Waals surface area contributed by atoms with E-state index in [1.165, 1.54) is 0 Å². The summed E-state index contributed by atoms with van der Waals surface area (Å²) in [6, 6.07) is 7.99. The van der Waals surface area contributed by atoms with Crippen LogP contribution in [0.5, 0.6) is 5.75 Å². The van der Waals surface area contributed by atoms with Gasteiger partial charge in [0.1, 0.15) is 11.6 Å². The van der Waals surface area contributed by atoms with E-state index in [4.69, 9.17) is 10.5 Å². The van der Waals surface area contributed by atoms with Gasteiger partial charge in [-0.25, -0.2) is 4.98 Å². The van der Waals surface area contributed by atoms with Gasteiger partial charge in [0, 0.05) is 23.9 Å². The first-order valence-electron chi connectivity index (χ1n) is 6.74. The third kappa shape index (κ3) is 3.58. The summed E-state index contributed by atoms with van der Waals surface area (Å²) >= 11 is 0. The number of imidazole rings is 1. The summed E-state index contributed by atoms with van der Waals surface area (Å²) in [6.45, 7) is 4.81. The van der Waals surface area contributed by atoms with E-state index in [0.29, 0.717) is 6.54 Å². The minimum Gasteiger partial charge on any atom is -0.491 e. The van der Waals surface area contributed by atoms with Crippen LogP contribution in [0.2, 0.25) is 0 Å². The van der Waals surface area contributed by atoms with E-state index in [1.807, 2.05) is 30.5 Å². The van der Waals surface area contributed by atoms with Gasteiger partial charge in [-0.3, -0.25) is 0 Å². The van der Waals surface area contributed by atoms with E-state index < -0.39 is 0 Å². The molecule has 102 valence electrons. The van der Waals surface area contributed by atoms with Gasteiger partial charge >= 0.3 is 0 Å². The van der Waals surface area contributed by atoms with Crippen molar-refractivity contribution in [1.29, 1.82) is 0 Å². The number of ether oxygens (including phenoxy) is 1. The van der Waals surface area contributed by atoms with Gasteiger partial charge in [0.25, 0.3) is 0 Å². The number of H-pyrrole nitrogens is 1. The van der Waals surface area contributed by atoms with Gasteiger partial charge in [0.15, 0.2) is 0 Å². The zero-order valence-electron chi connectivity index (χ0n) is 11.5. The Kier molecular flexibility index (Phi) is 4.58. The molecule has 4 nitrogen and oxygen atoms in total. The van der Waals surface area contributed by atoms with Crippen molar-refractivity contribution >= 4 is 0 Å². The third-order valence-corrected chi connectivity index (χ3v) is 3.08. The van der Waals surface area contributed by atoms with Gasteiger partial charge in [-0.1, -0.05) is 6.92 Å². The highest BCUT2D eigenvalue weighted by Crippen LogP contribution is 2.21. The first-order valence-corrected chi connectivity index (χ1v) is 6.74. The Bertz CT molecular complexity index is 504. The standard InChI is InChI=1S/C15H21N3O/c1-3-11(2)19-14-6-4-12(5-7-14)15-17-10-13(18-15)8-9-16/h4-7,10-11H,3,8-9,16H2,1-2H3,(H,17,18). The molecule has 1 heterocycles. The second kappa shape index (κ2) is 6.38. The number of hydrogen-bond acceptors (Lipinski definition) is 3. The smallest absolute Gasteiger partial charge is 0.137 e. The Labute approximate surface area is 114 Å². The molecule has 0 saturated heterocycles. The van der Waals surface area contributed by atoms with Crippen molar-refractivity contribution in [3.8, 4) is 17.1 Å². The van der Waals surface area contributed by atoms with Crippen LogP contribution in [-0.2, 0) is 6.42 Å². The fraction of sp³-hybridized carbons (Fsp3) is 0.400. The Hall–Kier alpha value is -1.81. The van der Waals surface area contributed by atoms with Gasteiger partial charge in [-0.15, -0.1) is 0 Å². The fourth-order valence-electron chi connectivity index (χ4n) is 1.80. The number of benzene rings is 1. The SMILES string of the molecule is CCC(C)Oc1ccc(-c2ncc(CCN)[nH]2)cc1. The second-order valence-electron chi connectivity index (χ2n) is 4.66. The maximum absolute atomic E-state index is 5.75. The molecule has 1 unspecified atom stereocenters. The molecule has 3 N–H and O–H groups in total. The molecule has 0 aliphatic heterocycles. The molecule has 0 spiro atoms. The first-order chi connectivity index (χ1) is 9.22. The Morgan fingerprint density at radius 2 is 2.05 bits per heavy atom. The van der Waals surface area contributed by atoms with Crippen molar-refractivity contribution in [1.82, 2.24) is 9.97 Å². The van der Waals surface area contributed by atoms with Gasteiger partial charge in [0.05, 0.1) is 6.10 Å². The molecule has 0 bridgehead atoms. The molecule has 2 aromatic rings. The summed E-state index contributed by atoms with van der Waals surface area (Å²) < 4.78 is 5.75. The van der Waals surface area contributed by atoms with Crippen LogP contribution in [0.1, 0.15) is 26.0 Å². The van der Waals surface area contributed by atoms with Crippen LogP contribution in [0.15, 0.2) is 30.5 Å². The Balaban J connectivity index is 2.08. The molecular weight excluding hydrogens is 238 g/mol. The van der Waals surface area contributed by atoms with Crippen LogP contribution in [0, 0.1) is 0 Å². The topological polar surface area (TPSA) is 63.9 Å². The predicted molar refractivity (Wildman–Crippen MR) is 77.2 cm³/mol. The normalized spacial score (nSPS) is 12.4. The molecule has 0 radical (unpaired) electrons. The summed E-state index contributed by atoms with van der Waals surface area (Å²) in [7, 11) is 0. The van der Waals surface area contributed by atoms with Crippen molar-refractivity contribution in [3.63, 3.8) is 0 Å². The third-order valence-electron chi connectivity index (χ3n) is 3.08. The predicted octanol–water partition coefficient (Wildman–Crippen LogP) is 2.76. The van der Waals surface area contributed by atoms with E-state index in [-0.39, 0.29) is 6.10 Å². The number of rotatable bonds is 6. The van der Waals surface area contributed by atoms with Crippen LogP contribution in [-0.4, -0.2) is 22.6 Å². The summed E-state index contributed by atoms with van der Waals surface area (Å²) in [6.07, 6.45) is 3.90.